The van der Waals surface area contributed by atoms with Crippen molar-refractivity contribution in [3.63, 3.8) is 0 Å². The number of carbonyl (C=O) groups excluding carboxylic acids is 1. The van der Waals surface area contributed by atoms with Crippen LogP contribution in [0.1, 0.15) is 18.9 Å². The number of hydrogen-bond donors (Lipinski definition) is 1. The van der Waals surface area contributed by atoms with Crippen LogP contribution in [0.3, 0.4) is 0 Å². The molecule has 0 aliphatic heterocycles. The van der Waals surface area contributed by atoms with E-state index < -0.39 is 0 Å². The fourth-order valence-corrected chi connectivity index (χ4v) is 4.41. The number of rotatable bonds is 6. The van der Waals surface area contributed by atoms with E-state index in [0.717, 1.165) is 38.9 Å². The largest absolute Gasteiger partial charge is 0.325 e. The molecule has 8 heteroatoms. The average Bonchev–Trinajstić information content (AvgIpc) is 3.11. The van der Waals surface area contributed by atoms with Gasteiger partial charge in [-0.2, -0.15) is 0 Å². The lowest BCUT2D eigenvalue weighted by Gasteiger charge is -2.08. The second kappa shape index (κ2) is 7.31. The summed E-state index contributed by atoms with van der Waals surface area (Å²) in [6.07, 6.45) is 2.29. The first kappa shape index (κ1) is 16.8. The Morgan fingerprint density at radius 3 is 2.92 bits per heavy atom. The van der Waals surface area contributed by atoms with Crippen molar-refractivity contribution in [2.24, 2.45) is 0 Å². The van der Waals surface area contributed by atoms with Crippen LogP contribution in [0.2, 0.25) is 0 Å². The maximum absolute atomic E-state index is 12.2. The van der Waals surface area contributed by atoms with Gasteiger partial charge < -0.3 is 5.32 Å². The number of benzene rings is 1. The van der Waals surface area contributed by atoms with Crippen LogP contribution in [0.25, 0.3) is 10.7 Å². The Hall–Kier alpha value is -1.64. The van der Waals surface area contributed by atoms with Crippen LogP contribution in [-0.2, 0) is 4.79 Å². The summed E-state index contributed by atoms with van der Waals surface area (Å²) in [6.45, 7) is 0. The molecule has 3 aromatic rings. The smallest absolute Gasteiger partial charge is 0.234 e. The SMILES string of the molecule is O=C(CSc1nnc(-c2cccs2)n1C1CC1)Nc1cccc(Br)c1. The van der Waals surface area contributed by atoms with Gasteiger partial charge in [-0.15, -0.1) is 21.5 Å². The van der Waals surface area contributed by atoms with E-state index in [1.54, 1.807) is 11.3 Å². The molecule has 1 aliphatic carbocycles. The number of carbonyl (C=O) groups is 1. The predicted octanol–water partition coefficient (Wildman–Crippen LogP) is 4.83. The molecule has 0 bridgehead atoms. The molecule has 5 nitrogen and oxygen atoms in total. The van der Waals surface area contributed by atoms with Gasteiger partial charge in [-0.25, -0.2) is 0 Å². The molecule has 1 amide bonds. The summed E-state index contributed by atoms with van der Waals surface area (Å²) < 4.78 is 3.12. The van der Waals surface area contributed by atoms with Gasteiger partial charge in [-0.1, -0.05) is 39.8 Å². The Labute approximate surface area is 162 Å². The Balaban J connectivity index is 1.45. The zero-order valence-electron chi connectivity index (χ0n) is 13.2. The van der Waals surface area contributed by atoms with Crippen molar-refractivity contribution in [1.82, 2.24) is 14.8 Å². The maximum Gasteiger partial charge on any atom is 0.234 e. The van der Waals surface area contributed by atoms with Gasteiger partial charge in [-0.05, 0) is 42.5 Å². The number of nitrogens with one attached hydrogen (secondary N) is 1. The van der Waals surface area contributed by atoms with Crippen molar-refractivity contribution in [2.45, 2.75) is 24.0 Å². The number of halogens is 1. The molecular formula is C17H15BrN4OS2. The first-order valence-corrected chi connectivity index (χ1v) is 10.5. The molecule has 1 saturated carbocycles. The summed E-state index contributed by atoms with van der Waals surface area (Å²) in [5.74, 6) is 1.17. The second-order valence-electron chi connectivity index (χ2n) is 5.73. The molecule has 0 spiro atoms. The molecule has 2 heterocycles. The zero-order chi connectivity index (χ0) is 17.2. The molecule has 0 unspecified atom stereocenters. The molecule has 0 atom stereocenters. The molecule has 128 valence electrons. The van der Waals surface area contributed by atoms with Crippen molar-refractivity contribution in [3.05, 3.63) is 46.3 Å². The third kappa shape index (κ3) is 3.96. The lowest BCUT2D eigenvalue weighted by molar-refractivity contribution is -0.113. The van der Waals surface area contributed by atoms with Crippen molar-refractivity contribution in [1.29, 1.82) is 0 Å². The van der Waals surface area contributed by atoms with Gasteiger partial charge in [0.05, 0.1) is 10.6 Å². The van der Waals surface area contributed by atoms with Crippen LogP contribution in [0.4, 0.5) is 5.69 Å². The highest BCUT2D eigenvalue weighted by Gasteiger charge is 2.30. The Bertz CT molecular complexity index is 890. The Morgan fingerprint density at radius 2 is 2.20 bits per heavy atom. The first-order valence-electron chi connectivity index (χ1n) is 7.88. The van der Waals surface area contributed by atoms with E-state index >= 15 is 0 Å². The van der Waals surface area contributed by atoms with Gasteiger partial charge >= 0.3 is 0 Å². The third-order valence-corrected chi connectivity index (χ3v) is 6.06. The van der Waals surface area contributed by atoms with Crippen molar-refractivity contribution >= 4 is 50.6 Å². The topological polar surface area (TPSA) is 59.8 Å². The standard InChI is InChI=1S/C17H15BrN4OS2/c18-11-3-1-4-12(9-11)19-15(23)10-25-17-21-20-16(14-5-2-8-24-14)22(17)13-6-7-13/h1-5,8-9,13H,6-7,10H2,(H,19,23). The van der Waals surface area contributed by atoms with E-state index in [9.17, 15) is 4.79 Å². The van der Waals surface area contributed by atoms with E-state index in [-0.39, 0.29) is 5.91 Å². The molecule has 1 N–H and O–H groups in total. The van der Waals surface area contributed by atoms with Crippen LogP contribution in [0.15, 0.2) is 51.4 Å². The van der Waals surface area contributed by atoms with Gasteiger partial charge in [0, 0.05) is 16.2 Å². The molecule has 1 aromatic carbocycles. The fourth-order valence-electron chi connectivity index (χ4n) is 2.50. The van der Waals surface area contributed by atoms with Gasteiger partial charge in [-0.3, -0.25) is 9.36 Å². The number of hydrogen-bond acceptors (Lipinski definition) is 5. The van der Waals surface area contributed by atoms with E-state index in [1.165, 1.54) is 11.8 Å². The molecule has 4 rings (SSSR count). The lowest BCUT2D eigenvalue weighted by Crippen LogP contribution is -2.14. The summed E-state index contributed by atoms with van der Waals surface area (Å²) >= 11 is 6.50. The molecular weight excluding hydrogens is 420 g/mol. The first-order chi connectivity index (χ1) is 12.2. The number of thiophene rings is 1. The van der Waals surface area contributed by atoms with Crippen LogP contribution < -0.4 is 5.32 Å². The lowest BCUT2D eigenvalue weighted by atomic mass is 10.3. The van der Waals surface area contributed by atoms with E-state index in [4.69, 9.17) is 0 Å². The number of amides is 1. The number of nitrogens with zero attached hydrogens (tertiary/aromatic N) is 3. The van der Waals surface area contributed by atoms with Gasteiger partial charge in [0.1, 0.15) is 0 Å². The number of aromatic nitrogens is 3. The second-order valence-corrected chi connectivity index (χ2v) is 8.54. The molecule has 1 aliphatic rings. The van der Waals surface area contributed by atoms with Gasteiger partial charge in [0.15, 0.2) is 11.0 Å². The fraction of sp³-hybridized carbons (Fsp3) is 0.235. The van der Waals surface area contributed by atoms with Crippen LogP contribution in [-0.4, -0.2) is 26.4 Å². The zero-order valence-corrected chi connectivity index (χ0v) is 16.4. The van der Waals surface area contributed by atoms with Crippen LogP contribution >= 0.6 is 39.0 Å². The summed E-state index contributed by atoms with van der Waals surface area (Å²) in [5.41, 5.74) is 0.780. The van der Waals surface area contributed by atoms with Crippen LogP contribution in [0.5, 0.6) is 0 Å². The van der Waals surface area contributed by atoms with Gasteiger partial charge in [0.2, 0.25) is 5.91 Å². The Morgan fingerprint density at radius 1 is 1.32 bits per heavy atom. The van der Waals surface area contributed by atoms with Crippen molar-refractivity contribution in [2.75, 3.05) is 11.1 Å². The molecule has 25 heavy (non-hydrogen) atoms. The van der Waals surface area contributed by atoms with E-state index in [2.05, 4.69) is 42.1 Å². The summed E-state index contributed by atoms with van der Waals surface area (Å²) in [7, 11) is 0. The normalized spacial score (nSPS) is 13.8. The van der Waals surface area contributed by atoms with Gasteiger partial charge in [0.25, 0.3) is 0 Å². The minimum absolute atomic E-state index is 0.0499. The minimum atomic E-state index is -0.0499. The number of anilines is 1. The van der Waals surface area contributed by atoms with Crippen molar-refractivity contribution < 1.29 is 4.79 Å². The molecule has 1 fully saturated rings. The predicted molar refractivity (Wildman–Crippen MR) is 105 cm³/mol. The highest BCUT2D eigenvalue weighted by molar-refractivity contribution is 9.10. The quantitative estimate of drug-likeness (QED) is 0.564. The summed E-state index contributed by atoms with van der Waals surface area (Å²) in [6, 6.07) is 12.1. The monoisotopic (exact) mass is 434 g/mol. The van der Waals surface area contributed by atoms with Crippen LogP contribution in [0, 0.1) is 0 Å². The molecule has 0 radical (unpaired) electrons. The Kier molecular flexibility index (Phi) is 4.91. The molecule has 2 aromatic heterocycles. The summed E-state index contributed by atoms with van der Waals surface area (Å²) in [5, 5.41) is 14.4. The highest BCUT2D eigenvalue weighted by atomic mass is 79.9. The van der Waals surface area contributed by atoms with E-state index in [0.29, 0.717) is 11.8 Å². The highest BCUT2D eigenvalue weighted by Crippen LogP contribution is 2.41. The minimum Gasteiger partial charge on any atom is -0.325 e. The summed E-state index contributed by atoms with van der Waals surface area (Å²) in [4.78, 5) is 13.3. The average molecular weight is 435 g/mol. The van der Waals surface area contributed by atoms with Crippen molar-refractivity contribution in [3.8, 4) is 10.7 Å². The molecule has 0 saturated heterocycles. The maximum atomic E-state index is 12.2. The third-order valence-electron chi connectivity index (χ3n) is 3.76. The van der Waals surface area contributed by atoms with E-state index in [1.807, 2.05) is 35.7 Å². The number of thioether (sulfide) groups is 1.